The zero-order valence-corrected chi connectivity index (χ0v) is 57.8. The third-order valence-electron chi connectivity index (χ3n) is 17.9. The van der Waals surface area contributed by atoms with Crippen LogP contribution >= 0.6 is 0 Å². The van der Waals surface area contributed by atoms with Gasteiger partial charge in [0.25, 0.3) is 0 Å². The number of fused-ring (bicyclic) bond motifs is 6. The van der Waals surface area contributed by atoms with Crippen molar-refractivity contribution in [2.24, 2.45) is 0 Å². The number of hydrogen-bond acceptors (Lipinski definition) is 13. The molecule has 11 aromatic carbocycles. The van der Waals surface area contributed by atoms with Gasteiger partial charge in [-0.05, 0) is 36.4 Å². The lowest BCUT2D eigenvalue weighted by atomic mass is 10.2. The van der Waals surface area contributed by atoms with Crippen molar-refractivity contribution in [2.45, 2.75) is 0 Å². The smallest absolute Gasteiger partial charge is 0.366 e. The summed E-state index contributed by atoms with van der Waals surface area (Å²) >= 11 is 0. The molecule has 6 aliphatic rings. The molecule has 94 heavy (non-hydrogen) atoms. The predicted molar refractivity (Wildman–Crippen MR) is 374 cm³/mol. The molecule has 6 saturated heterocycles. The number of nitrogens with zero attached hydrogens (tertiary/aromatic N) is 3. The van der Waals surface area contributed by atoms with Crippen molar-refractivity contribution in [1.29, 1.82) is 0 Å². The maximum atomic E-state index is 8.75. The molecule has 0 unspecified atom stereocenters. The minimum absolute atomic E-state index is 0.428. The Hall–Kier alpha value is -8.57. The second kappa shape index (κ2) is 21.5. The van der Waals surface area contributed by atoms with E-state index in [1.807, 2.05) is 224 Å². The van der Waals surface area contributed by atoms with E-state index >= 15 is 0 Å². The molecule has 3 aromatic heterocycles. The zero-order valence-electron chi connectivity index (χ0n) is 49.8. The summed E-state index contributed by atoms with van der Waals surface area (Å²) < 4.78 is 107. The Labute approximate surface area is 548 Å². The molecule has 14 aromatic rings. The first-order chi connectivity index (χ1) is 46.2. The van der Waals surface area contributed by atoms with Crippen molar-refractivity contribution >= 4 is 156 Å². The molecule has 6 fully saturated rings. The minimum Gasteiger partial charge on any atom is -0.366 e. The van der Waals surface area contributed by atoms with Crippen LogP contribution in [-0.2, 0) is 49.4 Å². The summed E-state index contributed by atoms with van der Waals surface area (Å²) in [6.45, 7) is 0. The summed E-state index contributed by atoms with van der Waals surface area (Å²) in [7, 11) is -40.6. The number of aromatic nitrogens is 3. The molecule has 0 aliphatic carbocycles. The largest absolute Gasteiger partial charge is 0.516 e. The molecule has 0 amide bonds. The SMILES string of the molecule is c1ccc([Si]23O[Si]4(c5ccccc5)O[Si]5(c6ccccc6)O[Si](c6ccccc6)(O2)O[Si]2(c6ccccc6)O[Si](c6ccccc6)(O3)O[Si](c3ccccc3)(O4)O[Si](c3cc(-n4c6ccccc6c6ccccc64)nc(-n4c6ccccc6c6ccccc64)c3)(O5)O2)cc1. The van der Waals surface area contributed by atoms with Crippen LogP contribution in [0.4, 0.5) is 0 Å². The first-order valence-corrected chi connectivity index (χ1v) is 44.8. The van der Waals surface area contributed by atoms with Gasteiger partial charge in [-0.2, -0.15) is 0 Å². The highest BCUT2D eigenvalue weighted by Crippen LogP contribution is 2.49. The van der Waals surface area contributed by atoms with Gasteiger partial charge in [0.05, 0.1) is 22.1 Å². The van der Waals surface area contributed by atoms with Gasteiger partial charge in [-0.25, -0.2) is 4.98 Å². The van der Waals surface area contributed by atoms with Crippen molar-refractivity contribution in [1.82, 2.24) is 14.1 Å². The molecule has 0 saturated carbocycles. The fourth-order valence-corrected chi connectivity index (χ4v) is 59.9. The van der Waals surface area contributed by atoms with Crippen LogP contribution in [0.5, 0.6) is 0 Å². The van der Waals surface area contributed by atoms with Gasteiger partial charge < -0.3 is 49.4 Å². The number of benzene rings is 11. The average molecular weight is 1360 g/mol. The summed E-state index contributed by atoms with van der Waals surface area (Å²) in [5.74, 6) is 1.04. The fourth-order valence-electron chi connectivity index (χ4n) is 13.8. The van der Waals surface area contributed by atoms with Gasteiger partial charge in [0.15, 0.2) is 0 Å². The monoisotopic (exact) mass is 1360 g/mol. The molecular formula is C71H53N3O12Si8. The fraction of sp³-hybridized carbons (Fsp3) is 0. The van der Waals surface area contributed by atoms with Crippen molar-refractivity contribution in [3.8, 4) is 11.6 Å². The van der Waals surface area contributed by atoms with E-state index < -0.39 is 70.4 Å². The molecule has 6 aliphatic heterocycles. The Balaban J connectivity index is 1.02. The van der Waals surface area contributed by atoms with Gasteiger partial charge >= 0.3 is 70.4 Å². The van der Waals surface area contributed by atoms with E-state index in [0.29, 0.717) is 53.1 Å². The Kier molecular flexibility index (Phi) is 13.0. The van der Waals surface area contributed by atoms with Crippen LogP contribution in [0, 0.1) is 0 Å². The summed E-state index contributed by atoms with van der Waals surface area (Å²) in [6.07, 6.45) is 0. The van der Waals surface area contributed by atoms with E-state index in [1.54, 1.807) is 0 Å². The maximum absolute atomic E-state index is 8.75. The molecule has 456 valence electrons. The van der Waals surface area contributed by atoms with Crippen LogP contribution in [0.15, 0.2) is 322 Å². The van der Waals surface area contributed by atoms with Gasteiger partial charge in [-0.15, -0.1) is 0 Å². The maximum Gasteiger partial charge on any atom is 0.516 e. The lowest BCUT2D eigenvalue weighted by Gasteiger charge is -2.62. The number of pyridine rings is 1. The number of hydrogen-bond donors (Lipinski definition) is 0. The van der Waals surface area contributed by atoms with Crippen molar-refractivity contribution in [3.63, 3.8) is 0 Å². The van der Waals surface area contributed by atoms with E-state index in [2.05, 4.69) is 106 Å². The third kappa shape index (κ3) is 8.69. The molecule has 0 atom stereocenters. The molecule has 15 nitrogen and oxygen atoms in total. The second-order valence-corrected chi connectivity index (χ2v) is 46.9. The molecule has 9 heterocycles. The Morgan fingerprint density at radius 3 is 0.532 bits per heavy atom. The highest BCUT2D eigenvalue weighted by molar-refractivity contribution is 7.14. The molecular weight excluding hydrogens is 1310 g/mol. The van der Waals surface area contributed by atoms with Gasteiger partial charge in [0.2, 0.25) is 0 Å². The molecule has 20 rings (SSSR count). The van der Waals surface area contributed by atoms with E-state index in [-0.39, 0.29) is 0 Å². The Bertz CT molecular complexity index is 4730. The van der Waals surface area contributed by atoms with Crippen LogP contribution < -0.4 is 41.5 Å². The summed E-state index contributed by atoms with van der Waals surface area (Å²) in [6, 6.07) is 105. The van der Waals surface area contributed by atoms with Crippen molar-refractivity contribution < 1.29 is 49.4 Å². The number of rotatable bonds is 10. The molecule has 0 radical (unpaired) electrons. The molecule has 8 bridgehead atoms. The quantitative estimate of drug-likeness (QED) is 0.121. The van der Waals surface area contributed by atoms with Gasteiger partial charge in [0, 0.05) is 63.0 Å². The molecule has 23 heteroatoms. The summed E-state index contributed by atoms with van der Waals surface area (Å²) in [4.78, 5) is 5.85. The van der Waals surface area contributed by atoms with Gasteiger partial charge in [-0.1, -0.05) is 285 Å². The van der Waals surface area contributed by atoms with Crippen molar-refractivity contribution in [3.05, 3.63) is 322 Å². The van der Waals surface area contributed by atoms with Gasteiger partial charge in [-0.3, -0.25) is 9.13 Å². The van der Waals surface area contributed by atoms with E-state index in [0.717, 1.165) is 43.6 Å². The highest BCUT2D eigenvalue weighted by atomic mass is 28.6. The van der Waals surface area contributed by atoms with Crippen molar-refractivity contribution in [2.75, 3.05) is 0 Å². The lowest BCUT2D eigenvalue weighted by Crippen LogP contribution is -2.96. The van der Waals surface area contributed by atoms with Crippen LogP contribution in [-0.4, -0.2) is 84.6 Å². The van der Waals surface area contributed by atoms with E-state index in [1.165, 1.54) is 0 Å². The van der Waals surface area contributed by atoms with E-state index in [9.17, 15) is 0 Å². The Morgan fingerprint density at radius 2 is 0.340 bits per heavy atom. The minimum atomic E-state index is -5.36. The second-order valence-electron chi connectivity index (χ2n) is 23.5. The normalized spacial score (nSPS) is 27.8. The summed E-state index contributed by atoms with van der Waals surface area (Å²) in [5.41, 5.74) is 3.65. The highest BCUT2D eigenvalue weighted by Gasteiger charge is 2.86. The predicted octanol–water partition coefficient (Wildman–Crippen LogP) is 8.61. The van der Waals surface area contributed by atoms with Crippen LogP contribution in [0.25, 0.3) is 55.2 Å². The first-order valence-electron chi connectivity index (χ1n) is 31.0. The van der Waals surface area contributed by atoms with Crippen LogP contribution in [0.2, 0.25) is 0 Å². The van der Waals surface area contributed by atoms with E-state index in [4.69, 9.17) is 54.4 Å². The average Bonchev–Trinajstić information content (AvgIpc) is 0.928. The van der Waals surface area contributed by atoms with Crippen LogP contribution in [0.1, 0.15) is 0 Å². The first kappa shape index (κ1) is 56.9. The number of para-hydroxylation sites is 4. The standard InChI is InChI=1S/C71H53N3O12Si8/c1-8-30-54(31-9-1)87-75-88(55-32-10-2-11-33-55)78-91(58-38-16-5-17-39-58)80-89(76-87,56-34-12-3-13-35-56)82-93(60-42-20-7-21-43-60)83-90(77-87,57-36-14-4-15-37-57)81-92(79-88,59-40-18-6-19-41-59)85-94(84-91,86-93)61-52-70(73-66-48-26-22-44-62(66)63-45-23-27-49-67(63)73)72-71(53-61)74-68-50-28-24-46-64(68)65-47-25-29-51-69(65)74/h1-53H. The molecule has 0 N–H and O–H groups in total. The third-order valence-corrected chi connectivity index (χ3v) is 52.0. The zero-order chi connectivity index (χ0) is 62.2. The summed E-state index contributed by atoms with van der Waals surface area (Å²) in [5, 5.41) is 8.24. The van der Waals surface area contributed by atoms with Gasteiger partial charge in [0.1, 0.15) is 11.6 Å². The van der Waals surface area contributed by atoms with Crippen LogP contribution in [0.3, 0.4) is 0 Å². The topological polar surface area (TPSA) is 134 Å². The Morgan fingerprint density at radius 1 is 0.181 bits per heavy atom. The molecule has 0 spiro atoms. The lowest BCUT2D eigenvalue weighted by molar-refractivity contribution is -0.00300.